The number of carboxylic acid groups (broad SMARTS) is 1. The van der Waals surface area contributed by atoms with Crippen LogP contribution in [-0.4, -0.2) is 43.8 Å². The molecule has 1 aromatic rings. The minimum absolute atomic E-state index is 0.0445. The summed E-state index contributed by atoms with van der Waals surface area (Å²) in [5.41, 5.74) is -0.440. The van der Waals surface area contributed by atoms with Crippen LogP contribution in [0.1, 0.15) is 10.4 Å². The van der Waals surface area contributed by atoms with Gasteiger partial charge in [-0.25, -0.2) is 22.0 Å². The maximum absolute atomic E-state index is 12.3. The van der Waals surface area contributed by atoms with E-state index in [9.17, 15) is 22.0 Å². The number of halogens is 4. The van der Waals surface area contributed by atoms with Crippen LogP contribution in [0.4, 0.5) is 8.78 Å². The van der Waals surface area contributed by atoms with Gasteiger partial charge in [0.05, 0.1) is 22.0 Å². The Balaban J connectivity index is 3.36. The molecule has 1 aromatic carbocycles. The van der Waals surface area contributed by atoms with Crippen molar-refractivity contribution in [1.29, 1.82) is 0 Å². The highest BCUT2D eigenvalue weighted by molar-refractivity contribution is 9.10. The van der Waals surface area contributed by atoms with Crippen molar-refractivity contribution in [3.05, 3.63) is 27.2 Å². The Bertz CT molecular complexity index is 638. The highest BCUT2D eigenvalue weighted by atomic mass is 79.9. The van der Waals surface area contributed by atoms with Crippen LogP contribution >= 0.6 is 27.5 Å². The van der Waals surface area contributed by atoms with Crippen LogP contribution in [0.15, 0.2) is 21.5 Å². The van der Waals surface area contributed by atoms with Gasteiger partial charge in [-0.05, 0) is 28.1 Å². The van der Waals surface area contributed by atoms with Crippen LogP contribution in [0.25, 0.3) is 0 Å². The van der Waals surface area contributed by atoms with Crippen LogP contribution in [-0.2, 0) is 10.0 Å². The monoisotopic (exact) mass is 391 g/mol. The van der Waals surface area contributed by atoms with E-state index in [1.54, 1.807) is 0 Å². The van der Waals surface area contributed by atoms with E-state index in [1.165, 1.54) is 0 Å². The Morgan fingerprint density at radius 1 is 1.50 bits per heavy atom. The SMILES string of the molecule is CN(CC(F)F)S(=O)(=O)c1cc(Br)c(Cl)c(C(=O)O)c1. The van der Waals surface area contributed by atoms with Gasteiger partial charge in [0.15, 0.2) is 0 Å². The molecule has 0 aliphatic rings. The third kappa shape index (κ3) is 3.66. The lowest BCUT2D eigenvalue weighted by Gasteiger charge is -2.17. The molecule has 0 unspecified atom stereocenters. The maximum atomic E-state index is 12.3. The smallest absolute Gasteiger partial charge is 0.337 e. The number of hydrogen-bond donors (Lipinski definition) is 1. The number of benzene rings is 1. The second kappa shape index (κ2) is 6.33. The van der Waals surface area contributed by atoms with Gasteiger partial charge in [-0.15, -0.1) is 0 Å². The third-order valence-electron chi connectivity index (χ3n) is 2.34. The molecule has 0 spiro atoms. The van der Waals surface area contributed by atoms with E-state index < -0.39 is 39.4 Å². The molecular formula is C10H9BrClF2NO4S. The van der Waals surface area contributed by atoms with Gasteiger partial charge in [-0.2, -0.15) is 4.31 Å². The molecule has 0 saturated carbocycles. The molecule has 1 N–H and O–H groups in total. The molecule has 0 fully saturated rings. The highest BCUT2D eigenvalue weighted by Gasteiger charge is 2.26. The van der Waals surface area contributed by atoms with E-state index in [0.717, 1.165) is 19.2 Å². The lowest BCUT2D eigenvalue weighted by atomic mass is 10.2. The molecular weight excluding hydrogens is 384 g/mol. The molecule has 0 atom stereocenters. The molecule has 0 aliphatic carbocycles. The Morgan fingerprint density at radius 2 is 2.05 bits per heavy atom. The molecule has 5 nitrogen and oxygen atoms in total. The number of alkyl halides is 2. The third-order valence-corrected chi connectivity index (χ3v) is 5.40. The van der Waals surface area contributed by atoms with Crippen LogP contribution in [0.5, 0.6) is 0 Å². The summed E-state index contributed by atoms with van der Waals surface area (Å²) in [4.78, 5) is 10.5. The van der Waals surface area contributed by atoms with Crippen molar-refractivity contribution in [1.82, 2.24) is 4.31 Å². The zero-order chi connectivity index (χ0) is 15.7. The van der Waals surface area contributed by atoms with Crippen LogP contribution in [0.2, 0.25) is 5.02 Å². The zero-order valence-corrected chi connectivity index (χ0v) is 13.1. The molecule has 1 rings (SSSR count). The summed E-state index contributed by atoms with van der Waals surface area (Å²) in [6, 6.07) is 1.89. The molecule has 0 amide bonds. The summed E-state index contributed by atoms with van der Waals surface area (Å²) in [7, 11) is -3.25. The number of carboxylic acids is 1. The highest BCUT2D eigenvalue weighted by Crippen LogP contribution is 2.31. The quantitative estimate of drug-likeness (QED) is 0.836. The van der Waals surface area contributed by atoms with Gasteiger partial charge >= 0.3 is 5.97 Å². The fraction of sp³-hybridized carbons (Fsp3) is 0.300. The van der Waals surface area contributed by atoms with E-state index in [2.05, 4.69) is 15.9 Å². The molecule has 10 heteroatoms. The Morgan fingerprint density at radius 3 is 2.50 bits per heavy atom. The number of rotatable bonds is 5. The zero-order valence-electron chi connectivity index (χ0n) is 9.98. The summed E-state index contributed by atoms with van der Waals surface area (Å²) in [6.45, 7) is -0.995. The number of sulfonamides is 1. The molecule has 0 radical (unpaired) electrons. The van der Waals surface area contributed by atoms with Gasteiger partial charge in [0.25, 0.3) is 6.43 Å². The maximum Gasteiger partial charge on any atom is 0.337 e. The van der Waals surface area contributed by atoms with Crippen LogP contribution < -0.4 is 0 Å². The van der Waals surface area contributed by atoms with E-state index in [4.69, 9.17) is 16.7 Å². The molecule has 0 bridgehead atoms. The second-order valence-corrected chi connectivity index (χ2v) is 7.03. The average Bonchev–Trinajstić information content (AvgIpc) is 2.30. The van der Waals surface area contributed by atoms with Gasteiger partial charge in [0.1, 0.15) is 0 Å². The lowest BCUT2D eigenvalue weighted by Crippen LogP contribution is -2.31. The standard InChI is InChI=1S/C10H9BrClF2NO4S/c1-15(4-8(13)14)20(18,19)5-2-6(10(16)17)9(12)7(11)3-5/h2-3,8H,4H2,1H3,(H,16,17). The molecule has 0 aliphatic heterocycles. The molecule has 20 heavy (non-hydrogen) atoms. The molecule has 0 saturated heterocycles. The van der Waals surface area contributed by atoms with Gasteiger partial charge in [-0.3, -0.25) is 0 Å². The second-order valence-electron chi connectivity index (χ2n) is 3.75. The van der Waals surface area contributed by atoms with Crippen molar-refractivity contribution in [3.63, 3.8) is 0 Å². The summed E-state index contributed by atoms with van der Waals surface area (Å²) < 4.78 is 49.1. The Hall–Kier alpha value is -0.770. The van der Waals surface area contributed by atoms with Crippen molar-refractivity contribution in [2.75, 3.05) is 13.6 Å². The van der Waals surface area contributed by atoms with Gasteiger partial charge in [0, 0.05) is 11.5 Å². The summed E-state index contributed by atoms with van der Waals surface area (Å²) in [5, 5.41) is 8.76. The fourth-order valence-corrected chi connectivity index (χ4v) is 3.35. The minimum atomic E-state index is -4.23. The molecule has 112 valence electrons. The van der Waals surface area contributed by atoms with Crippen molar-refractivity contribution >= 4 is 43.5 Å². The Labute approximate surface area is 127 Å². The van der Waals surface area contributed by atoms with E-state index >= 15 is 0 Å². The summed E-state index contributed by atoms with van der Waals surface area (Å²) in [5.74, 6) is -1.43. The van der Waals surface area contributed by atoms with Gasteiger partial charge in [0.2, 0.25) is 10.0 Å². The molecule has 0 aromatic heterocycles. The topological polar surface area (TPSA) is 74.7 Å². The van der Waals surface area contributed by atoms with Crippen LogP contribution in [0.3, 0.4) is 0 Å². The van der Waals surface area contributed by atoms with Gasteiger partial charge in [-0.1, -0.05) is 11.6 Å². The first-order valence-electron chi connectivity index (χ1n) is 5.04. The van der Waals surface area contributed by atoms with E-state index in [1.807, 2.05) is 0 Å². The minimum Gasteiger partial charge on any atom is -0.478 e. The van der Waals surface area contributed by atoms with Crippen molar-refractivity contribution in [2.24, 2.45) is 0 Å². The number of nitrogens with zero attached hydrogens (tertiary/aromatic N) is 1. The average molecular weight is 393 g/mol. The normalized spacial score (nSPS) is 12.2. The Kier molecular flexibility index (Phi) is 5.47. The van der Waals surface area contributed by atoms with Gasteiger partial charge < -0.3 is 5.11 Å². The largest absolute Gasteiger partial charge is 0.478 e. The van der Waals surface area contributed by atoms with Crippen molar-refractivity contribution < 1.29 is 27.1 Å². The first-order valence-corrected chi connectivity index (χ1v) is 7.65. The molecule has 0 heterocycles. The fourth-order valence-electron chi connectivity index (χ4n) is 1.34. The predicted octanol–water partition coefficient (Wildman–Crippen LogP) is 2.69. The number of carbonyl (C=O) groups is 1. The number of hydrogen-bond acceptors (Lipinski definition) is 3. The number of aromatic carboxylic acids is 1. The summed E-state index contributed by atoms with van der Waals surface area (Å²) in [6.07, 6.45) is -2.84. The first-order chi connectivity index (χ1) is 9.07. The predicted molar refractivity (Wildman–Crippen MR) is 71.9 cm³/mol. The lowest BCUT2D eigenvalue weighted by molar-refractivity contribution is 0.0696. The first kappa shape index (κ1) is 17.3. The van der Waals surface area contributed by atoms with E-state index in [0.29, 0.717) is 4.31 Å². The van der Waals surface area contributed by atoms with Crippen LogP contribution in [0, 0.1) is 0 Å². The van der Waals surface area contributed by atoms with Crippen molar-refractivity contribution in [3.8, 4) is 0 Å². The van der Waals surface area contributed by atoms with E-state index in [-0.39, 0.29) is 9.50 Å². The summed E-state index contributed by atoms with van der Waals surface area (Å²) >= 11 is 8.65. The van der Waals surface area contributed by atoms with Crippen molar-refractivity contribution in [2.45, 2.75) is 11.3 Å².